The molecule has 0 saturated heterocycles. The van der Waals surface area contributed by atoms with Crippen molar-refractivity contribution in [3.05, 3.63) is 0 Å². The molecule has 0 aliphatic rings. The van der Waals surface area contributed by atoms with Crippen molar-refractivity contribution in [2.24, 2.45) is 0 Å². The number of halogens is 1. The molecule has 0 heterocycles. The molecule has 3 nitrogen and oxygen atoms in total. The average molecular weight is 156 g/mol. The van der Waals surface area contributed by atoms with E-state index in [2.05, 4.69) is 0 Å². The number of aliphatic hydroxyl groups is 2. The van der Waals surface area contributed by atoms with Crippen molar-refractivity contribution in [2.45, 2.75) is 13.0 Å². The molecule has 0 rings (SSSR count). The van der Waals surface area contributed by atoms with Crippen LogP contribution in [0.3, 0.4) is 0 Å². The van der Waals surface area contributed by atoms with E-state index in [0.717, 1.165) is 0 Å². The maximum absolute atomic E-state index is 8.11. The molecule has 3 N–H and O–H groups in total. The summed E-state index contributed by atoms with van der Waals surface area (Å²) in [5.41, 5.74) is 0. The molecule has 0 spiro atoms. The minimum Gasteiger partial charge on any atom is -1.00 e. The van der Waals surface area contributed by atoms with Crippen molar-refractivity contribution in [3.63, 3.8) is 0 Å². The van der Waals surface area contributed by atoms with E-state index in [0.29, 0.717) is 0 Å². The first-order chi connectivity index (χ1) is 2.27. The quantitative estimate of drug-likeness (QED) is 0.378. The van der Waals surface area contributed by atoms with Gasteiger partial charge in [0.05, 0.1) is 12.7 Å². The van der Waals surface area contributed by atoms with Crippen LogP contribution < -0.4 is 12.4 Å². The fourth-order valence-corrected chi connectivity index (χ4v) is 0. The van der Waals surface area contributed by atoms with E-state index in [-0.39, 0.29) is 41.9 Å². The third kappa shape index (κ3) is 29.8. The average Bonchev–Trinajstić information content (AvgIpc) is 1.38. The molecule has 0 aromatic carbocycles. The largest absolute Gasteiger partial charge is 3.00 e. The van der Waals surface area contributed by atoms with Crippen LogP contribution in [-0.4, -0.2) is 45.8 Å². The second-order valence-corrected chi connectivity index (χ2v) is 1.03. The summed E-state index contributed by atoms with van der Waals surface area (Å²) in [6.07, 6.45) is -0.560. The van der Waals surface area contributed by atoms with Crippen LogP contribution in [0.4, 0.5) is 0 Å². The van der Waals surface area contributed by atoms with Crippen LogP contribution in [0.25, 0.3) is 0 Å². The molecular formula is C3H9AlClO3+. The number of hydrogen-bond acceptors (Lipinski definition) is 3. The Morgan fingerprint density at radius 1 is 1.50 bits per heavy atom. The van der Waals surface area contributed by atoms with Crippen molar-refractivity contribution in [2.75, 3.05) is 6.61 Å². The van der Waals surface area contributed by atoms with Crippen molar-refractivity contribution >= 4 is 17.4 Å². The van der Waals surface area contributed by atoms with Crippen LogP contribution in [0, 0.1) is 0 Å². The molecule has 1 unspecified atom stereocenters. The second kappa shape index (κ2) is 15.6. The minimum atomic E-state index is -0.560. The zero-order valence-electron chi connectivity index (χ0n) is 4.58. The Hall–Kier alpha value is 0.702. The SMILES string of the molecule is CC(O)CO.[Al+3].[Cl-].[OH-]. The van der Waals surface area contributed by atoms with Gasteiger partial charge < -0.3 is 28.1 Å². The van der Waals surface area contributed by atoms with Crippen LogP contribution in [0.1, 0.15) is 6.92 Å². The van der Waals surface area contributed by atoms with Crippen LogP contribution in [0.2, 0.25) is 0 Å². The molecule has 0 aliphatic heterocycles. The summed E-state index contributed by atoms with van der Waals surface area (Å²) >= 11 is 0. The summed E-state index contributed by atoms with van der Waals surface area (Å²) in [6, 6.07) is 0. The number of hydrogen-bond donors (Lipinski definition) is 2. The molecule has 0 aromatic heterocycles. The van der Waals surface area contributed by atoms with Gasteiger partial charge in [0.15, 0.2) is 0 Å². The summed E-state index contributed by atoms with van der Waals surface area (Å²) in [4.78, 5) is 0. The van der Waals surface area contributed by atoms with Gasteiger partial charge in [-0.1, -0.05) is 0 Å². The van der Waals surface area contributed by atoms with Crippen molar-refractivity contribution < 1.29 is 28.1 Å². The zero-order chi connectivity index (χ0) is 4.28. The van der Waals surface area contributed by atoms with Gasteiger partial charge in [0, 0.05) is 0 Å². The van der Waals surface area contributed by atoms with Gasteiger partial charge >= 0.3 is 17.4 Å². The minimum absolute atomic E-state index is 0. The molecule has 8 heavy (non-hydrogen) atoms. The van der Waals surface area contributed by atoms with E-state index in [1.807, 2.05) is 0 Å². The first-order valence-corrected chi connectivity index (χ1v) is 1.56. The molecule has 0 saturated carbocycles. The van der Waals surface area contributed by atoms with Crippen LogP contribution in [-0.2, 0) is 0 Å². The van der Waals surface area contributed by atoms with Gasteiger partial charge in [-0.3, -0.25) is 0 Å². The van der Waals surface area contributed by atoms with E-state index < -0.39 is 6.10 Å². The van der Waals surface area contributed by atoms with Crippen LogP contribution >= 0.6 is 0 Å². The third-order valence-corrected chi connectivity index (χ3v) is 0.264. The van der Waals surface area contributed by atoms with E-state index in [1.54, 1.807) is 0 Å². The molecule has 0 radical (unpaired) electrons. The standard InChI is InChI=1S/C3H8O2.Al.ClH.H2O/c1-3(5)2-4;;;/h3-5H,2H2,1H3;;1H;1H2/q;+3;;/p-2. The molecule has 48 valence electrons. The molecule has 0 bridgehead atoms. The number of rotatable bonds is 1. The zero-order valence-corrected chi connectivity index (χ0v) is 6.49. The van der Waals surface area contributed by atoms with Gasteiger partial charge in [-0.2, -0.15) is 0 Å². The molecule has 0 amide bonds. The Kier molecular flexibility index (Phi) is 45.7. The van der Waals surface area contributed by atoms with Crippen LogP contribution in [0.15, 0.2) is 0 Å². The summed E-state index contributed by atoms with van der Waals surface area (Å²) < 4.78 is 0. The Bertz CT molecular complexity index is 28.5. The Morgan fingerprint density at radius 3 is 1.62 bits per heavy atom. The second-order valence-electron chi connectivity index (χ2n) is 1.03. The van der Waals surface area contributed by atoms with Gasteiger partial charge in [-0.15, -0.1) is 0 Å². The molecule has 0 aliphatic carbocycles. The Labute approximate surface area is 65.6 Å². The van der Waals surface area contributed by atoms with Gasteiger partial charge in [-0.05, 0) is 6.92 Å². The molecule has 0 aromatic rings. The normalized spacial score (nSPS) is 9.38. The van der Waals surface area contributed by atoms with Crippen molar-refractivity contribution in [3.8, 4) is 0 Å². The van der Waals surface area contributed by atoms with Gasteiger partial charge in [0.1, 0.15) is 0 Å². The van der Waals surface area contributed by atoms with E-state index in [9.17, 15) is 0 Å². The molecular weight excluding hydrogens is 146 g/mol. The summed E-state index contributed by atoms with van der Waals surface area (Å²) in [6.45, 7) is 1.39. The van der Waals surface area contributed by atoms with Crippen molar-refractivity contribution in [1.29, 1.82) is 0 Å². The molecule has 0 fully saturated rings. The third-order valence-electron chi connectivity index (χ3n) is 0.264. The first kappa shape index (κ1) is 23.3. The fourth-order valence-electron chi connectivity index (χ4n) is 0. The fraction of sp³-hybridized carbons (Fsp3) is 1.00. The maximum atomic E-state index is 8.11. The number of aliphatic hydroxyl groups excluding tert-OH is 2. The van der Waals surface area contributed by atoms with E-state index in [4.69, 9.17) is 10.2 Å². The maximum Gasteiger partial charge on any atom is 3.00 e. The Balaban J connectivity index is -0.0000000267. The molecule has 1 atom stereocenters. The van der Waals surface area contributed by atoms with Gasteiger partial charge in [-0.25, -0.2) is 0 Å². The predicted octanol–water partition coefficient (Wildman–Crippen LogP) is -4.19. The smallest absolute Gasteiger partial charge is 1.00 e. The Morgan fingerprint density at radius 2 is 1.62 bits per heavy atom. The first-order valence-electron chi connectivity index (χ1n) is 1.56. The monoisotopic (exact) mass is 155 g/mol. The van der Waals surface area contributed by atoms with E-state index >= 15 is 0 Å². The molecule has 5 heteroatoms. The topological polar surface area (TPSA) is 70.5 Å². The van der Waals surface area contributed by atoms with Crippen LogP contribution in [0.5, 0.6) is 0 Å². The summed E-state index contributed by atoms with van der Waals surface area (Å²) in [5, 5.41) is 16.0. The van der Waals surface area contributed by atoms with E-state index in [1.165, 1.54) is 6.92 Å². The summed E-state index contributed by atoms with van der Waals surface area (Å²) in [5.74, 6) is 0. The van der Waals surface area contributed by atoms with Crippen molar-refractivity contribution in [1.82, 2.24) is 0 Å². The predicted molar refractivity (Wildman–Crippen MR) is 26.5 cm³/mol. The van der Waals surface area contributed by atoms with Gasteiger partial charge in [0.25, 0.3) is 0 Å². The summed E-state index contributed by atoms with van der Waals surface area (Å²) in [7, 11) is 0. The van der Waals surface area contributed by atoms with Gasteiger partial charge in [0.2, 0.25) is 0 Å².